The van der Waals surface area contributed by atoms with Gasteiger partial charge in [-0.25, -0.2) is 0 Å². The fourth-order valence-corrected chi connectivity index (χ4v) is 2.76. The Kier molecular flexibility index (Phi) is 8.56. The van der Waals surface area contributed by atoms with E-state index in [9.17, 15) is 0 Å². The molecule has 2 aromatic carbocycles. The number of rotatable bonds is 10. The molecule has 2 rings (SSSR count). The van der Waals surface area contributed by atoms with Crippen LogP contribution in [0.4, 0.5) is 0 Å². The average Bonchev–Trinajstić information content (AvgIpc) is 2.57. The van der Waals surface area contributed by atoms with Crippen molar-refractivity contribution in [1.29, 1.82) is 0 Å². The van der Waals surface area contributed by atoms with E-state index in [0.29, 0.717) is 22.8 Å². The van der Waals surface area contributed by atoms with Gasteiger partial charge in [-0.3, -0.25) is 0 Å². The summed E-state index contributed by atoms with van der Waals surface area (Å²) in [7, 11) is 0. The van der Waals surface area contributed by atoms with Crippen molar-refractivity contribution >= 4 is 23.2 Å². The molecule has 0 amide bonds. The van der Waals surface area contributed by atoms with Crippen LogP contribution >= 0.6 is 23.2 Å². The molecule has 0 atom stereocenters. The molecule has 0 spiro atoms. The van der Waals surface area contributed by atoms with Gasteiger partial charge in [-0.2, -0.15) is 0 Å². The Morgan fingerprint density at radius 1 is 1.08 bits per heavy atom. The zero-order valence-electron chi connectivity index (χ0n) is 14.7. The number of hydrogen-bond acceptors (Lipinski definition) is 3. The maximum atomic E-state index is 6.17. The molecule has 5 heteroatoms. The summed E-state index contributed by atoms with van der Waals surface area (Å²) in [6, 6.07) is 13.5. The molecule has 25 heavy (non-hydrogen) atoms. The molecule has 0 bridgehead atoms. The number of halogens is 2. The normalized spacial score (nSPS) is 11.1. The highest BCUT2D eigenvalue weighted by Gasteiger charge is 2.03. The van der Waals surface area contributed by atoms with Crippen LogP contribution in [0, 0.1) is 0 Å². The molecule has 0 unspecified atom stereocenters. The fourth-order valence-electron chi connectivity index (χ4n) is 2.29. The van der Waals surface area contributed by atoms with Gasteiger partial charge in [0.1, 0.15) is 12.4 Å². The van der Waals surface area contributed by atoms with Gasteiger partial charge in [-0.15, -0.1) is 0 Å². The molecule has 0 aliphatic heterocycles. The van der Waals surface area contributed by atoms with Crippen molar-refractivity contribution in [3.8, 4) is 5.75 Å². The minimum Gasteiger partial charge on any atom is -0.489 e. The van der Waals surface area contributed by atoms with Gasteiger partial charge in [0.2, 0.25) is 0 Å². The smallest absolute Gasteiger partial charge is 0.120 e. The number of ether oxygens (including phenoxy) is 2. The average molecular weight is 382 g/mol. The largest absolute Gasteiger partial charge is 0.489 e. The Bertz CT molecular complexity index is 662. The summed E-state index contributed by atoms with van der Waals surface area (Å²) in [5.41, 5.74) is 2.10. The van der Waals surface area contributed by atoms with E-state index in [1.807, 2.05) is 30.3 Å². The minimum atomic E-state index is 0.294. The summed E-state index contributed by atoms with van der Waals surface area (Å²) < 4.78 is 11.4. The van der Waals surface area contributed by atoms with E-state index in [1.54, 1.807) is 6.07 Å². The molecule has 0 aromatic heterocycles. The summed E-state index contributed by atoms with van der Waals surface area (Å²) in [5.74, 6) is 0.827. The van der Waals surface area contributed by atoms with Crippen LogP contribution in [0.25, 0.3) is 0 Å². The third-order valence-electron chi connectivity index (χ3n) is 3.59. The minimum absolute atomic E-state index is 0.294. The van der Waals surface area contributed by atoms with Crippen molar-refractivity contribution in [1.82, 2.24) is 5.32 Å². The molecule has 0 aliphatic rings. The fraction of sp³-hybridized carbons (Fsp3) is 0.400. The van der Waals surface area contributed by atoms with Crippen molar-refractivity contribution in [2.75, 3.05) is 13.2 Å². The maximum absolute atomic E-state index is 6.17. The first-order chi connectivity index (χ1) is 12.0. The molecular formula is C20H25Cl2NO2. The predicted octanol–water partition coefficient (Wildman–Crippen LogP) is 5.48. The third-order valence-corrected chi connectivity index (χ3v) is 4.17. The monoisotopic (exact) mass is 381 g/mol. The lowest BCUT2D eigenvalue weighted by Crippen LogP contribution is -2.17. The van der Waals surface area contributed by atoms with Crippen LogP contribution in [0.2, 0.25) is 10.0 Å². The molecule has 3 nitrogen and oxygen atoms in total. The van der Waals surface area contributed by atoms with Crippen molar-refractivity contribution in [2.45, 2.75) is 39.5 Å². The summed E-state index contributed by atoms with van der Waals surface area (Å²) in [6.45, 7) is 7.04. The topological polar surface area (TPSA) is 30.5 Å². The van der Waals surface area contributed by atoms with E-state index < -0.39 is 0 Å². The maximum Gasteiger partial charge on any atom is 0.120 e. The zero-order chi connectivity index (χ0) is 18.1. The second-order valence-corrected chi connectivity index (χ2v) is 6.97. The summed E-state index contributed by atoms with van der Waals surface area (Å²) in [4.78, 5) is 0. The van der Waals surface area contributed by atoms with E-state index in [2.05, 4.69) is 25.2 Å². The Hall–Kier alpha value is -1.26. The van der Waals surface area contributed by atoms with E-state index in [1.165, 1.54) is 5.56 Å². The first kappa shape index (κ1) is 20.1. The Labute approximate surface area is 160 Å². The van der Waals surface area contributed by atoms with Gasteiger partial charge in [-0.05, 0) is 56.6 Å². The molecule has 0 fully saturated rings. The lowest BCUT2D eigenvalue weighted by Gasteiger charge is -2.11. The van der Waals surface area contributed by atoms with Crippen LogP contribution in [-0.4, -0.2) is 19.3 Å². The second kappa shape index (κ2) is 10.7. The lowest BCUT2D eigenvalue weighted by molar-refractivity contribution is 0.0770. The van der Waals surface area contributed by atoms with Crippen LogP contribution in [0.3, 0.4) is 0 Å². The highest BCUT2D eigenvalue weighted by atomic mass is 35.5. The van der Waals surface area contributed by atoms with E-state index >= 15 is 0 Å². The molecule has 0 heterocycles. The standard InChI is InChI=1S/C20H25Cl2NO2/c1-15(2)24-10-4-9-23-13-16-5-3-6-19(11-16)25-14-17-7-8-18(21)12-20(17)22/h3,5-8,11-12,15,23H,4,9-10,13-14H2,1-2H3. The van der Waals surface area contributed by atoms with Gasteiger partial charge in [0.25, 0.3) is 0 Å². The van der Waals surface area contributed by atoms with Crippen LogP contribution in [-0.2, 0) is 17.9 Å². The first-order valence-corrected chi connectivity index (χ1v) is 9.28. The molecule has 0 saturated carbocycles. The van der Waals surface area contributed by atoms with Crippen LogP contribution < -0.4 is 10.1 Å². The number of hydrogen-bond donors (Lipinski definition) is 1. The lowest BCUT2D eigenvalue weighted by atomic mass is 10.2. The SMILES string of the molecule is CC(C)OCCCNCc1cccc(OCc2ccc(Cl)cc2Cl)c1. The van der Waals surface area contributed by atoms with Crippen LogP contribution in [0.15, 0.2) is 42.5 Å². The summed E-state index contributed by atoms with van der Waals surface area (Å²) in [5, 5.41) is 4.67. The number of benzene rings is 2. The van der Waals surface area contributed by atoms with Gasteiger partial charge in [-0.1, -0.05) is 41.4 Å². The molecule has 136 valence electrons. The molecule has 1 N–H and O–H groups in total. The van der Waals surface area contributed by atoms with Crippen molar-refractivity contribution < 1.29 is 9.47 Å². The Morgan fingerprint density at radius 2 is 1.92 bits per heavy atom. The summed E-state index contributed by atoms with van der Waals surface area (Å²) in [6.07, 6.45) is 1.30. The number of nitrogens with one attached hydrogen (secondary N) is 1. The quantitative estimate of drug-likeness (QED) is 0.552. The first-order valence-electron chi connectivity index (χ1n) is 8.52. The third kappa shape index (κ3) is 7.66. The Balaban J connectivity index is 1.76. The second-order valence-electron chi connectivity index (χ2n) is 6.12. The van der Waals surface area contributed by atoms with Crippen LogP contribution in [0.1, 0.15) is 31.4 Å². The Morgan fingerprint density at radius 3 is 2.68 bits per heavy atom. The van der Waals surface area contributed by atoms with Crippen molar-refractivity contribution in [3.63, 3.8) is 0 Å². The van der Waals surface area contributed by atoms with E-state index in [4.69, 9.17) is 32.7 Å². The molecule has 0 saturated heterocycles. The predicted molar refractivity (Wildman–Crippen MR) is 105 cm³/mol. The van der Waals surface area contributed by atoms with Gasteiger partial charge in [0, 0.05) is 28.8 Å². The molecule has 0 radical (unpaired) electrons. The van der Waals surface area contributed by atoms with Gasteiger partial charge >= 0.3 is 0 Å². The van der Waals surface area contributed by atoms with Crippen LogP contribution in [0.5, 0.6) is 5.75 Å². The van der Waals surface area contributed by atoms with E-state index in [-0.39, 0.29) is 0 Å². The van der Waals surface area contributed by atoms with Crippen molar-refractivity contribution in [2.24, 2.45) is 0 Å². The van der Waals surface area contributed by atoms with Crippen molar-refractivity contribution in [3.05, 3.63) is 63.6 Å². The van der Waals surface area contributed by atoms with Gasteiger partial charge < -0.3 is 14.8 Å². The zero-order valence-corrected chi connectivity index (χ0v) is 16.2. The van der Waals surface area contributed by atoms with Gasteiger partial charge in [0.05, 0.1) is 6.10 Å². The molecule has 0 aliphatic carbocycles. The summed E-state index contributed by atoms with van der Waals surface area (Å²) >= 11 is 12.1. The molecular weight excluding hydrogens is 357 g/mol. The van der Waals surface area contributed by atoms with Gasteiger partial charge in [0.15, 0.2) is 0 Å². The highest BCUT2D eigenvalue weighted by molar-refractivity contribution is 6.35. The molecule has 2 aromatic rings. The van der Waals surface area contributed by atoms with E-state index in [0.717, 1.165) is 37.4 Å². The highest BCUT2D eigenvalue weighted by Crippen LogP contribution is 2.23.